The molecule has 0 heterocycles. The van der Waals surface area contributed by atoms with E-state index in [2.05, 4.69) is 31.7 Å². The topological polar surface area (TPSA) is 9.23 Å². The van der Waals surface area contributed by atoms with Gasteiger partial charge in [-0.05, 0) is 24.5 Å². The van der Waals surface area contributed by atoms with Crippen molar-refractivity contribution in [2.24, 2.45) is 0 Å². The second-order valence-electron chi connectivity index (χ2n) is 5.08. The van der Waals surface area contributed by atoms with Gasteiger partial charge in [0.15, 0.2) is 0 Å². The summed E-state index contributed by atoms with van der Waals surface area (Å²) in [5.74, 6) is 1.02. The van der Waals surface area contributed by atoms with Crippen LogP contribution in [0.5, 0.6) is 5.75 Å². The fourth-order valence-corrected chi connectivity index (χ4v) is 2.27. The highest BCUT2D eigenvalue weighted by Gasteiger charge is 2.02. The van der Waals surface area contributed by atoms with Crippen LogP contribution < -0.4 is 4.74 Å². The van der Waals surface area contributed by atoms with E-state index in [1.807, 2.05) is 6.07 Å². The molecular weight excluding hydrogens is 232 g/mol. The Balaban J connectivity index is 2.22. The van der Waals surface area contributed by atoms with Crippen molar-refractivity contribution in [2.45, 2.75) is 58.3 Å². The van der Waals surface area contributed by atoms with E-state index < -0.39 is 0 Å². The Morgan fingerprint density at radius 2 is 1.68 bits per heavy atom. The Labute approximate surface area is 118 Å². The van der Waals surface area contributed by atoms with Crippen LogP contribution in [-0.2, 0) is 6.42 Å². The molecule has 0 atom stereocenters. The van der Waals surface area contributed by atoms with Gasteiger partial charge < -0.3 is 4.74 Å². The average molecular weight is 260 g/mol. The highest BCUT2D eigenvalue weighted by molar-refractivity contribution is 5.33. The molecule has 1 rings (SSSR count). The monoisotopic (exact) mass is 260 g/mol. The van der Waals surface area contributed by atoms with Gasteiger partial charge in [0.25, 0.3) is 0 Å². The Morgan fingerprint density at radius 3 is 2.42 bits per heavy atom. The summed E-state index contributed by atoms with van der Waals surface area (Å²) in [6.45, 7) is 6.55. The zero-order chi connectivity index (χ0) is 13.8. The van der Waals surface area contributed by atoms with Gasteiger partial charge in [-0.25, -0.2) is 0 Å². The van der Waals surface area contributed by atoms with Crippen LogP contribution in [0.15, 0.2) is 36.9 Å². The number of hydrogen-bond donors (Lipinski definition) is 0. The maximum Gasteiger partial charge on any atom is 0.122 e. The van der Waals surface area contributed by atoms with E-state index >= 15 is 0 Å². The summed E-state index contributed by atoms with van der Waals surface area (Å²) in [6, 6.07) is 8.36. The van der Waals surface area contributed by atoms with Gasteiger partial charge in [0.05, 0.1) is 0 Å². The van der Waals surface area contributed by atoms with Crippen molar-refractivity contribution in [1.29, 1.82) is 0 Å². The van der Waals surface area contributed by atoms with Crippen LogP contribution >= 0.6 is 0 Å². The lowest BCUT2D eigenvalue weighted by Gasteiger charge is -2.09. The molecule has 0 spiro atoms. The minimum Gasteiger partial charge on any atom is -0.489 e. The molecule has 0 aliphatic heterocycles. The molecule has 19 heavy (non-hydrogen) atoms. The number of para-hydroxylation sites is 1. The number of unbranched alkanes of at least 4 members (excludes halogenated alkanes) is 6. The summed E-state index contributed by atoms with van der Waals surface area (Å²) in [6.07, 6.45) is 12.4. The van der Waals surface area contributed by atoms with E-state index in [9.17, 15) is 0 Å². The van der Waals surface area contributed by atoms with Gasteiger partial charge in [0.2, 0.25) is 0 Å². The molecule has 0 aliphatic rings. The third-order valence-electron chi connectivity index (χ3n) is 3.38. The molecule has 0 aromatic heterocycles. The van der Waals surface area contributed by atoms with Gasteiger partial charge >= 0.3 is 0 Å². The molecule has 1 aromatic carbocycles. The van der Waals surface area contributed by atoms with Crippen molar-refractivity contribution >= 4 is 0 Å². The van der Waals surface area contributed by atoms with Gasteiger partial charge in [0, 0.05) is 0 Å². The van der Waals surface area contributed by atoms with Crippen LogP contribution in [0.4, 0.5) is 0 Å². The van der Waals surface area contributed by atoms with Crippen LogP contribution in [-0.4, -0.2) is 6.61 Å². The summed E-state index contributed by atoms with van der Waals surface area (Å²) in [5, 5.41) is 0. The summed E-state index contributed by atoms with van der Waals surface area (Å²) in [7, 11) is 0. The van der Waals surface area contributed by atoms with E-state index in [4.69, 9.17) is 4.74 Å². The van der Waals surface area contributed by atoms with Crippen molar-refractivity contribution in [3.05, 3.63) is 42.5 Å². The smallest absolute Gasteiger partial charge is 0.122 e. The maximum atomic E-state index is 5.68. The number of hydrogen-bond acceptors (Lipinski definition) is 1. The summed E-state index contributed by atoms with van der Waals surface area (Å²) in [5.41, 5.74) is 1.33. The predicted molar refractivity (Wildman–Crippen MR) is 83.8 cm³/mol. The summed E-state index contributed by atoms with van der Waals surface area (Å²) < 4.78 is 5.68. The molecule has 0 unspecified atom stereocenters. The van der Waals surface area contributed by atoms with Gasteiger partial charge in [0.1, 0.15) is 12.4 Å². The van der Waals surface area contributed by atoms with Crippen LogP contribution in [0.1, 0.15) is 57.4 Å². The third kappa shape index (κ3) is 7.05. The lowest BCUT2D eigenvalue weighted by molar-refractivity contribution is 0.358. The number of rotatable bonds is 11. The van der Waals surface area contributed by atoms with E-state index in [0.717, 1.165) is 12.2 Å². The normalized spacial score (nSPS) is 10.4. The molecule has 0 amide bonds. The van der Waals surface area contributed by atoms with Crippen molar-refractivity contribution in [3.63, 3.8) is 0 Å². The van der Waals surface area contributed by atoms with Gasteiger partial charge in [-0.2, -0.15) is 0 Å². The zero-order valence-electron chi connectivity index (χ0n) is 12.4. The van der Waals surface area contributed by atoms with Crippen molar-refractivity contribution < 1.29 is 4.74 Å². The molecule has 0 saturated heterocycles. The Bertz CT molecular complexity index is 343. The van der Waals surface area contributed by atoms with Crippen LogP contribution in [0.2, 0.25) is 0 Å². The molecule has 1 nitrogen and oxygen atoms in total. The van der Waals surface area contributed by atoms with E-state index in [0.29, 0.717) is 6.61 Å². The van der Waals surface area contributed by atoms with E-state index in [1.165, 1.54) is 50.5 Å². The Kier molecular flexibility index (Phi) is 8.87. The van der Waals surface area contributed by atoms with E-state index in [-0.39, 0.29) is 0 Å². The van der Waals surface area contributed by atoms with Gasteiger partial charge in [-0.3, -0.25) is 0 Å². The number of benzene rings is 1. The number of ether oxygens (including phenoxy) is 1. The Hall–Kier alpha value is -1.24. The average Bonchev–Trinajstić information content (AvgIpc) is 2.45. The minimum absolute atomic E-state index is 0.591. The molecule has 1 aromatic rings. The highest BCUT2D eigenvalue weighted by Crippen LogP contribution is 2.20. The first kappa shape index (κ1) is 15.8. The molecule has 0 radical (unpaired) electrons. The van der Waals surface area contributed by atoms with Crippen molar-refractivity contribution in [2.75, 3.05) is 6.61 Å². The lowest BCUT2D eigenvalue weighted by Crippen LogP contribution is -1.97. The SMILES string of the molecule is C=CCOc1ccccc1CCCCCCCCC. The summed E-state index contributed by atoms with van der Waals surface area (Å²) in [4.78, 5) is 0. The molecule has 0 fully saturated rings. The lowest BCUT2D eigenvalue weighted by atomic mass is 10.0. The zero-order valence-corrected chi connectivity index (χ0v) is 12.4. The fraction of sp³-hybridized carbons (Fsp3) is 0.556. The van der Waals surface area contributed by atoms with Gasteiger partial charge in [-0.15, -0.1) is 0 Å². The van der Waals surface area contributed by atoms with E-state index in [1.54, 1.807) is 6.08 Å². The standard InChI is InChI=1S/C18H28O/c1-3-5-6-7-8-9-10-13-17-14-11-12-15-18(17)19-16-4-2/h4,11-12,14-15H,2-3,5-10,13,16H2,1H3. The minimum atomic E-state index is 0.591. The van der Waals surface area contributed by atoms with Crippen molar-refractivity contribution in [1.82, 2.24) is 0 Å². The third-order valence-corrected chi connectivity index (χ3v) is 3.38. The quantitative estimate of drug-likeness (QED) is 0.374. The largest absolute Gasteiger partial charge is 0.489 e. The molecule has 106 valence electrons. The molecule has 0 aliphatic carbocycles. The van der Waals surface area contributed by atoms with Crippen molar-refractivity contribution in [3.8, 4) is 5.75 Å². The molecule has 1 heteroatoms. The number of aryl methyl sites for hydroxylation is 1. The fourth-order valence-electron chi connectivity index (χ4n) is 2.27. The molecule has 0 N–H and O–H groups in total. The maximum absolute atomic E-state index is 5.68. The Morgan fingerprint density at radius 1 is 1.00 bits per heavy atom. The second-order valence-corrected chi connectivity index (χ2v) is 5.08. The first-order valence-corrected chi connectivity index (χ1v) is 7.70. The predicted octanol–water partition coefficient (Wildman–Crippen LogP) is 5.54. The first-order chi connectivity index (χ1) is 9.38. The molecular formula is C18H28O. The van der Waals surface area contributed by atoms with Crippen LogP contribution in [0.3, 0.4) is 0 Å². The van der Waals surface area contributed by atoms with Crippen LogP contribution in [0.25, 0.3) is 0 Å². The highest BCUT2D eigenvalue weighted by atomic mass is 16.5. The molecule has 0 bridgehead atoms. The molecule has 0 saturated carbocycles. The first-order valence-electron chi connectivity index (χ1n) is 7.70. The summed E-state index contributed by atoms with van der Waals surface area (Å²) >= 11 is 0. The van der Waals surface area contributed by atoms with Gasteiger partial charge in [-0.1, -0.05) is 76.3 Å². The van der Waals surface area contributed by atoms with Crippen LogP contribution in [0, 0.1) is 0 Å². The second kappa shape index (κ2) is 10.7.